The molecular weight excluding hydrogens is 226 g/mol. The molecule has 18 heavy (non-hydrogen) atoms. The highest BCUT2D eigenvalue weighted by atomic mass is 15.0. The molecule has 5 heteroatoms. The standard InChI is InChI=1S/C13H17N5/c1-3-14-13-8-11(4-7-16-13)17-9-12-5-6-15-10(2)18-12/h4-8H,3,9H2,1-2H3,(H2,14,16,17). The SMILES string of the molecule is CCNc1cc(NCc2ccnc(C)n2)ccn1. The highest BCUT2D eigenvalue weighted by molar-refractivity contribution is 5.51. The number of hydrogen-bond acceptors (Lipinski definition) is 5. The average Bonchev–Trinajstić information content (AvgIpc) is 2.37. The van der Waals surface area contributed by atoms with Crippen LogP contribution in [0.3, 0.4) is 0 Å². The Morgan fingerprint density at radius 3 is 2.72 bits per heavy atom. The van der Waals surface area contributed by atoms with Crippen LogP contribution in [0.2, 0.25) is 0 Å². The van der Waals surface area contributed by atoms with Gasteiger partial charge in [-0.15, -0.1) is 0 Å². The van der Waals surface area contributed by atoms with E-state index in [-0.39, 0.29) is 0 Å². The summed E-state index contributed by atoms with van der Waals surface area (Å²) < 4.78 is 0. The van der Waals surface area contributed by atoms with Crippen molar-refractivity contribution in [2.45, 2.75) is 20.4 Å². The van der Waals surface area contributed by atoms with Crippen molar-refractivity contribution in [2.24, 2.45) is 0 Å². The number of nitrogens with zero attached hydrogens (tertiary/aromatic N) is 3. The topological polar surface area (TPSA) is 62.7 Å². The molecule has 0 saturated carbocycles. The summed E-state index contributed by atoms with van der Waals surface area (Å²) in [6, 6.07) is 5.83. The molecule has 0 aliphatic carbocycles. The number of rotatable bonds is 5. The van der Waals surface area contributed by atoms with E-state index in [1.54, 1.807) is 12.4 Å². The van der Waals surface area contributed by atoms with Crippen LogP contribution in [-0.2, 0) is 6.54 Å². The van der Waals surface area contributed by atoms with E-state index in [1.807, 2.05) is 32.0 Å². The van der Waals surface area contributed by atoms with Crippen LogP contribution >= 0.6 is 0 Å². The molecule has 0 unspecified atom stereocenters. The van der Waals surface area contributed by atoms with E-state index in [1.165, 1.54) is 0 Å². The van der Waals surface area contributed by atoms with Crippen molar-refractivity contribution in [1.29, 1.82) is 0 Å². The molecule has 5 nitrogen and oxygen atoms in total. The Kier molecular flexibility index (Phi) is 4.06. The molecule has 0 aromatic carbocycles. The lowest BCUT2D eigenvalue weighted by atomic mass is 10.3. The first-order valence-electron chi connectivity index (χ1n) is 6.00. The monoisotopic (exact) mass is 243 g/mol. The van der Waals surface area contributed by atoms with E-state index in [0.29, 0.717) is 6.54 Å². The quantitative estimate of drug-likeness (QED) is 0.843. The van der Waals surface area contributed by atoms with Crippen molar-refractivity contribution in [1.82, 2.24) is 15.0 Å². The summed E-state index contributed by atoms with van der Waals surface area (Å²) in [6.07, 6.45) is 3.56. The number of nitrogens with one attached hydrogen (secondary N) is 2. The number of aromatic nitrogens is 3. The fraction of sp³-hybridized carbons (Fsp3) is 0.308. The van der Waals surface area contributed by atoms with Crippen molar-refractivity contribution >= 4 is 11.5 Å². The summed E-state index contributed by atoms with van der Waals surface area (Å²) in [5.74, 6) is 1.67. The first-order valence-corrected chi connectivity index (χ1v) is 6.00. The Hall–Kier alpha value is -2.17. The summed E-state index contributed by atoms with van der Waals surface area (Å²) in [5, 5.41) is 6.50. The van der Waals surface area contributed by atoms with Crippen LogP contribution in [0.15, 0.2) is 30.6 Å². The van der Waals surface area contributed by atoms with Crippen molar-refractivity contribution in [2.75, 3.05) is 17.2 Å². The summed E-state index contributed by atoms with van der Waals surface area (Å²) in [6.45, 7) is 5.48. The fourth-order valence-corrected chi connectivity index (χ4v) is 1.61. The third-order valence-electron chi connectivity index (χ3n) is 2.43. The second-order valence-corrected chi connectivity index (χ2v) is 3.91. The molecule has 0 radical (unpaired) electrons. The fourth-order valence-electron chi connectivity index (χ4n) is 1.61. The minimum absolute atomic E-state index is 0.680. The van der Waals surface area contributed by atoms with Gasteiger partial charge in [0.15, 0.2) is 0 Å². The molecule has 0 atom stereocenters. The molecule has 0 spiro atoms. The van der Waals surface area contributed by atoms with Gasteiger partial charge in [0.05, 0.1) is 12.2 Å². The van der Waals surface area contributed by atoms with Gasteiger partial charge in [-0.25, -0.2) is 15.0 Å². The van der Waals surface area contributed by atoms with Crippen molar-refractivity contribution < 1.29 is 0 Å². The molecule has 0 fully saturated rings. The maximum absolute atomic E-state index is 4.34. The van der Waals surface area contributed by atoms with Gasteiger partial charge in [0.25, 0.3) is 0 Å². The van der Waals surface area contributed by atoms with E-state index < -0.39 is 0 Å². The first kappa shape index (κ1) is 12.3. The van der Waals surface area contributed by atoms with Gasteiger partial charge < -0.3 is 10.6 Å². The van der Waals surface area contributed by atoms with Gasteiger partial charge in [-0.05, 0) is 26.0 Å². The maximum atomic E-state index is 4.34. The van der Waals surface area contributed by atoms with E-state index in [4.69, 9.17) is 0 Å². The van der Waals surface area contributed by atoms with Crippen molar-refractivity contribution in [3.05, 3.63) is 42.1 Å². The first-order chi connectivity index (χ1) is 8.78. The zero-order chi connectivity index (χ0) is 12.8. The number of pyridine rings is 1. The summed E-state index contributed by atoms with van der Waals surface area (Å²) in [7, 11) is 0. The Morgan fingerprint density at radius 2 is 1.94 bits per heavy atom. The summed E-state index contributed by atoms with van der Waals surface area (Å²) in [4.78, 5) is 12.6. The Labute approximate surface area is 107 Å². The van der Waals surface area contributed by atoms with E-state index in [9.17, 15) is 0 Å². The largest absolute Gasteiger partial charge is 0.379 e. The molecular formula is C13H17N5. The third kappa shape index (κ3) is 3.41. The predicted octanol–water partition coefficient (Wildman–Crippen LogP) is 2.22. The summed E-state index contributed by atoms with van der Waals surface area (Å²) in [5.41, 5.74) is 2.00. The van der Waals surface area contributed by atoms with Gasteiger partial charge in [0.1, 0.15) is 11.6 Å². The summed E-state index contributed by atoms with van der Waals surface area (Å²) >= 11 is 0. The molecule has 0 aliphatic heterocycles. The van der Waals surface area contributed by atoms with Gasteiger partial charge in [-0.1, -0.05) is 0 Å². The van der Waals surface area contributed by atoms with Gasteiger partial charge in [0, 0.05) is 30.7 Å². The smallest absolute Gasteiger partial charge is 0.127 e. The second-order valence-electron chi connectivity index (χ2n) is 3.91. The normalized spacial score (nSPS) is 10.1. The molecule has 0 amide bonds. The molecule has 0 bridgehead atoms. The van der Waals surface area contributed by atoms with Crippen LogP contribution in [0.5, 0.6) is 0 Å². The average molecular weight is 243 g/mol. The highest BCUT2D eigenvalue weighted by Gasteiger charge is 1.98. The Bertz CT molecular complexity index is 512. The molecule has 2 aromatic heterocycles. The molecule has 0 aliphatic rings. The molecule has 2 rings (SSSR count). The van der Waals surface area contributed by atoms with Gasteiger partial charge in [0.2, 0.25) is 0 Å². The van der Waals surface area contributed by atoms with E-state index in [2.05, 4.69) is 25.6 Å². The van der Waals surface area contributed by atoms with E-state index >= 15 is 0 Å². The van der Waals surface area contributed by atoms with Crippen molar-refractivity contribution in [3.8, 4) is 0 Å². The number of aryl methyl sites for hydroxylation is 1. The lowest BCUT2D eigenvalue weighted by molar-refractivity contribution is 0.955. The van der Waals surface area contributed by atoms with Gasteiger partial charge in [-0.3, -0.25) is 0 Å². The molecule has 2 N–H and O–H groups in total. The van der Waals surface area contributed by atoms with E-state index in [0.717, 1.165) is 29.6 Å². The molecule has 94 valence electrons. The Morgan fingerprint density at radius 1 is 1.11 bits per heavy atom. The van der Waals surface area contributed by atoms with Crippen molar-refractivity contribution in [3.63, 3.8) is 0 Å². The van der Waals surface area contributed by atoms with Crippen LogP contribution in [0.4, 0.5) is 11.5 Å². The van der Waals surface area contributed by atoms with Crippen LogP contribution in [0.1, 0.15) is 18.4 Å². The number of anilines is 2. The molecule has 2 heterocycles. The minimum atomic E-state index is 0.680. The zero-order valence-electron chi connectivity index (χ0n) is 10.6. The van der Waals surface area contributed by atoms with Crippen LogP contribution in [0.25, 0.3) is 0 Å². The zero-order valence-corrected chi connectivity index (χ0v) is 10.6. The number of hydrogen-bond donors (Lipinski definition) is 2. The Balaban J connectivity index is 1.99. The van der Waals surface area contributed by atoms with Crippen LogP contribution in [0, 0.1) is 6.92 Å². The van der Waals surface area contributed by atoms with Gasteiger partial charge >= 0.3 is 0 Å². The minimum Gasteiger partial charge on any atom is -0.379 e. The van der Waals surface area contributed by atoms with Gasteiger partial charge in [-0.2, -0.15) is 0 Å². The third-order valence-corrected chi connectivity index (χ3v) is 2.43. The lowest BCUT2D eigenvalue weighted by Crippen LogP contribution is -2.04. The lowest BCUT2D eigenvalue weighted by Gasteiger charge is -2.08. The molecule has 2 aromatic rings. The highest BCUT2D eigenvalue weighted by Crippen LogP contribution is 2.12. The molecule has 0 saturated heterocycles. The van der Waals surface area contributed by atoms with Crippen LogP contribution in [-0.4, -0.2) is 21.5 Å². The predicted molar refractivity (Wildman–Crippen MR) is 72.5 cm³/mol. The second kappa shape index (κ2) is 5.95. The van der Waals surface area contributed by atoms with Crippen LogP contribution < -0.4 is 10.6 Å². The maximum Gasteiger partial charge on any atom is 0.127 e.